The average Bonchev–Trinajstić information content (AvgIpc) is 3.15. The van der Waals surface area contributed by atoms with Crippen LogP contribution in [0.25, 0.3) is 6.08 Å². The molecule has 0 aromatic carbocycles. The third-order valence-electron chi connectivity index (χ3n) is 4.30. The fourth-order valence-electron chi connectivity index (χ4n) is 2.94. The molecule has 1 fully saturated rings. The minimum Gasteiger partial charge on any atom is -0.392 e. The second kappa shape index (κ2) is 8.61. The van der Waals surface area contributed by atoms with E-state index >= 15 is 0 Å². The number of anilines is 1. The van der Waals surface area contributed by atoms with E-state index in [1.54, 1.807) is 24.4 Å². The molecular weight excluding hydrogens is 348 g/mol. The van der Waals surface area contributed by atoms with Gasteiger partial charge in [-0.3, -0.25) is 4.79 Å². The zero-order chi connectivity index (χ0) is 18.4. The van der Waals surface area contributed by atoms with Crippen LogP contribution in [0.3, 0.4) is 0 Å². The van der Waals surface area contributed by atoms with Gasteiger partial charge in [0.1, 0.15) is 11.9 Å². The highest BCUT2D eigenvalue weighted by Crippen LogP contribution is 2.21. The van der Waals surface area contributed by atoms with Gasteiger partial charge >= 0.3 is 0 Å². The summed E-state index contributed by atoms with van der Waals surface area (Å²) < 4.78 is 0. The van der Waals surface area contributed by atoms with Crippen molar-refractivity contribution in [3.63, 3.8) is 0 Å². The van der Waals surface area contributed by atoms with Gasteiger partial charge in [0.2, 0.25) is 5.91 Å². The highest BCUT2D eigenvalue weighted by molar-refractivity contribution is 7.11. The second-order valence-electron chi connectivity index (χ2n) is 6.11. The van der Waals surface area contributed by atoms with Gasteiger partial charge in [0.05, 0.1) is 12.2 Å². The van der Waals surface area contributed by atoms with Crippen molar-refractivity contribution in [2.45, 2.75) is 25.5 Å². The van der Waals surface area contributed by atoms with E-state index < -0.39 is 0 Å². The minimum absolute atomic E-state index is 0.0128. The second-order valence-corrected chi connectivity index (χ2v) is 7.05. The van der Waals surface area contributed by atoms with Crippen molar-refractivity contribution in [2.75, 3.05) is 18.0 Å². The Labute approximate surface area is 156 Å². The number of nitriles is 1. The van der Waals surface area contributed by atoms with E-state index in [4.69, 9.17) is 5.11 Å². The molecule has 3 rings (SSSR count). The predicted molar refractivity (Wildman–Crippen MR) is 102 cm³/mol. The molecule has 7 heteroatoms. The summed E-state index contributed by atoms with van der Waals surface area (Å²) in [5.41, 5.74) is 1.44. The van der Waals surface area contributed by atoms with Gasteiger partial charge in [-0.05, 0) is 48.1 Å². The molecular formula is C19H20N4O2S. The lowest BCUT2D eigenvalue weighted by Crippen LogP contribution is -2.44. The zero-order valence-electron chi connectivity index (χ0n) is 14.3. The summed E-state index contributed by atoms with van der Waals surface area (Å²) in [6.07, 6.45) is 6.62. The van der Waals surface area contributed by atoms with Crippen LogP contribution >= 0.6 is 11.3 Å². The van der Waals surface area contributed by atoms with Crippen molar-refractivity contribution < 1.29 is 9.90 Å². The Balaban J connectivity index is 1.50. The monoisotopic (exact) mass is 368 g/mol. The van der Waals surface area contributed by atoms with Crippen molar-refractivity contribution in [3.05, 3.63) is 51.9 Å². The normalized spacial score (nSPS) is 15.2. The van der Waals surface area contributed by atoms with Crippen molar-refractivity contribution >= 4 is 29.1 Å². The lowest BCUT2D eigenvalue weighted by atomic mass is 10.0. The molecule has 6 nitrogen and oxygen atoms in total. The molecule has 0 spiro atoms. The number of aliphatic hydroxyl groups is 1. The molecule has 1 amide bonds. The number of pyridine rings is 1. The molecule has 1 aliphatic heterocycles. The Morgan fingerprint density at radius 3 is 3.00 bits per heavy atom. The van der Waals surface area contributed by atoms with E-state index in [2.05, 4.69) is 21.3 Å². The van der Waals surface area contributed by atoms with E-state index in [1.165, 1.54) is 17.4 Å². The highest BCUT2D eigenvalue weighted by atomic mass is 32.1. The van der Waals surface area contributed by atoms with Crippen LogP contribution in [-0.4, -0.2) is 35.1 Å². The first-order valence-corrected chi connectivity index (χ1v) is 9.34. The van der Waals surface area contributed by atoms with Crippen molar-refractivity contribution in [2.24, 2.45) is 0 Å². The van der Waals surface area contributed by atoms with Crippen LogP contribution in [0.5, 0.6) is 0 Å². The number of nitrogens with one attached hydrogen (secondary N) is 1. The molecule has 0 aliphatic carbocycles. The summed E-state index contributed by atoms with van der Waals surface area (Å²) in [5.74, 6) is 0.606. The molecule has 0 atom stereocenters. The van der Waals surface area contributed by atoms with Crippen molar-refractivity contribution in [1.29, 1.82) is 5.26 Å². The molecule has 0 unspecified atom stereocenters. The Hall–Kier alpha value is -2.69. The molecule has 0 radical (unpaired) electrons. The number of carbonyl (C=O) groups excluding carboxylic acids is 1. The molecule has 3 heterocycles. The highest BCUT2D eigenvalue weighted by Gasteiger charge is 2.22. The molecule has 2 N–H and O–H groups in total. The van der Waals surface area contributed by atoms with Crippen LogP contribution in [0.2, 0.25) is 0 Å². The van der Waals surface area contributed by atoms with Crippen LogP contribution in [0, 0.1) is 11.3 Å². The smallest absolute Gasteiger partial charge is 0.244 e. The first kappa shape index (κ1) is 18.1. The summed E-state index contributed by atoms with van der Waals surface area (Å²) in [6, 6.07) is 7.70. The van der Waals surface area contributed by atoms with Crippen LogP contribution in [0.15, 0.2) is 35.9 Å². The van der Waals surface area contributed by atoms with Gasteiger partial charge < -0.3 is 15.3 Å². The fraction of sp³-hybridized carbons (Fsp3) is 0.316. The van der Waals surface area contributed by atoms with Gasteiger partial charge in [0, 0.05) is 36.3 Å². The van der Waals surface area contributed by atoms with Gasteiger partial charge in [0.15, 0.2) is 0 Å². The Bertz CT molecular complexity index is 832. The largest absolute Gasteiger partial charge is 0.392 e. The molecule has 1 aliphatic rings. The average molecular weight is 368 g/mol. The number of piperidine rings is 1. The summed E-state index contributed by atoms with van der Waals surface area (Å²) in [5, 5.41) is 23.2. The fourth-order valence-corrected chi connectivity index (χ4v) is 3.74. The van der Waals surface area contributed by atoms with Crippen molar-refractivity contribution in [1.82, 2.24) is 10.3 Å². The number of nitrogens with zero attached hydrogens (tertiary/aromatic N) is 3. The van der Waals surface area contributed by atoms with E-state index in [9.17, 15) is 10.1 Å². The number of hydrogen-bond acceptors (Lipinski definition) is 6. The number of hydrogen-bond donors (Lipinski definition) is 2. The summed E-state index contributed by atoms with van der Waals surface area (Å²) in [6.45, 7) is 1.52. The number of aromatic nitrogens is 1. The lowest BCUT2D eigenvalue weighted by Gasteiger charge is -2.33. The molecule has 26 heavy (non-hydrogen) atoms. The first-order valence-electron chi connectivity index (χ1n) is 8.46. The number of thiophene rings is 1. The van der Waals surface area contributed by atoms with Gasteiger partial charge in [-0.2, -0.15) is 5.26 Å². The summed E-state index contributed by atoms with van der Waals surface area (Å²) >= 11 is 1.50. The SMILES string of the molecule is N#Cc1cccnc1N1CCC(NC(=O)/C=C/c2cc(CO)cs2)CC1. The zero-order valence-corrected chi connectivity index (χ0v) is 15.1. The third kappa shape index (κ3) is 4.48. The topological polar surface area (TPSA) is 89.3 Å². The Morgan fingerprint density at radius 2 is 2.31 bits per heavy atom. The standard InChI is InChI=1S/C19H20N4O2S/c20-11-15-2-1-7-21-19(15)23-8-5-16(6-9-23)22-18(25)4-3-17-10-14(12-24)13-26-17/h1-4,7,10,13,16,24H,5-6,8-9,12H2,(H,22,25)/b4-3+. The van der Waals surface area contributed by atoms with Gasteiger partial charge in [0.25, 0.3) is 0 Å². The van der Waals surface area contributed by atoms with E-state index in [0.717, 1.165) is 42.2 Å². The van der Waals surface area contributed by atoms with E-state index in [0.29, 0.717) is 5.56 Å². The van der Waals surface area contributed by atoms with Gasteiger partial charge in [-0.25, -0.2) is 4.98 Å². The Kier molecular flexibility index (Phi) is 6.00. The van der Waals surface area contributed by atoms with Crippen LogP contribution in [0.1, 0.15) is 28.8 Å². The van der Waals surface area contributed by atoms with Gasteiger partial charge in [-0.15, -0.1) is 11.3 Å². The number of amides is 1. The van der Waals surface area contributed by atoms with Crippen LogP contribution in [-0.2, 0) is 11.4 Å². The molecule has 2 aromatic rings. The van der Waals surface area contributed by atoms with Crippen molar-refractivity contribution in [3.8, 4) is 6.07 Å². The van der Waals surface area contributed by atoms with E-state index in [-0.39, 0.29) is 18.6 Å². The molecule has 134 valence electrons. The summed E-state index contributed by atoms with van der Waals surface area (Å²) in [4.78, 5) is 19.5. The first-order chi connectivity index (χ1) is 12.7. The lowest BCUT2D eigenvalue weighted by molar-refractivity contribution is -0.117. The number of rotatable bonds is 5. The maximum absolute atomic E-state index is 12.1. The third-order valence-corrected chi connectivity index (χ3v) is 5.25. The summed E-state index contributed by atoms with van der Waals surface area (Å²) in [7, 11) is 0. The number of aliphatic hydroxyl groups excluding tert-OH is 1. The Morgan fingerprint density at radius 1 is 1.50 bits per heavy atom. The van der Waals surface area contributed by atoms with Gasteiger partial charge in [-0.1, -0.05) is 0 Å². The maximum atomic E-state index is 12.1. The van der Waals surface area contributed by atoms with E-state index in [1.807, 2.05) is 11.4 Å². The molecule has 0 saturated carbocycles. The number of carbonyl (C=O) groups is 1. The quantitative estimate of drug-likeness (QED) is 0.791. The predicted octanol–water partition coefficient (Wildman–Crippen LogP) is 2.31. The maximum Gasteiger partial charge on any atom is 0.244 e. The molecule has 2 aromatic heterocycles. The minimum atomic E-state index is -0.113. The van der Waals surface area contributed by atoms with Crippen LogP contribution in [0.4, 0.5) is 5.82 Å². The molecule has 1 saturated heterocycles. The van der Waals surface area contributed by atoms with Crippen LogP contribution < -0.4 is 10.2 Å². The molecule has 0 bridgehead atoms.